The number of nitrogens with zero attached hydrogens (tertiary/aromatic N) is 1. The molecule has 1 aliphatic heterocycles. The van der Waals surface area contributed by atoms with Crippen LogP contribution in [0.4, 0.5) is 10.1 Å². The Morgan fingerprint density at radius 2 is 2.09 bits per heavy atom. The quantitative estimate of drug-likeness (QED) is 0.757. The lowest BCUT2D eigenvalue weighted by molar-refractivity contribution is -0.140. The Bertz CT molecular complexity index is 541. The number of benzene rings is 1. The number of carbonyl (C=O) groups excluding carboxylic acids is 2. The topological polar surface area (TPSA) is 67.9 Å². The van der Waals surface area contributed by atoms with Crippen LogP contribution in [0.5, 0.6) is 0 Å². The van der Waals surface area contributed by atoms with Crippen molar-refractivity contribution in [3.8, 4) is 0 Å². The Kier molecular flexibility index (Phi) is 6.82. The van der Waals surface area contributed by atoms with Gasteiger partial charge in [0, 0.05) is 18.6 Å². The minimum absolute atomic E-state index is 0.0791. The zero-order chi connectivity index (χ0) is 16.7. The Hall–Kier alpha value is -1.64. The molecule has 0 aliphatic carbocycles. The van der Waals surface area contributed by atoms with Crippen molar-refractivity contribution >= 4 is 29.3 Å². The van der Waals surface area contributed by atoms with Crippen LogP contribution < -0.4 is 5.32 Å². The van der Waals surface area contributed by atoms with Gasteiger partial charge in [-0.05, 0) is 24.3 Å². The average Bonchev–Trinajstić information content (AvgIpc) is 3.03. The minimum Gasteiger partial charge on any atom is -0.382 e. The van der Waals surface area contributed by atoms with E-state index in [1.54, 1.807) is 7.11 Å². The highest BCUT2D eigenvalue weighted by Crippen LogP contribution is 2.22. The maximum absolute atomic E-state index is 12.9. The van der Waals surface area contributed by atoms with E-state index in [1.807, 2.05) is 0 Å². The molecule has 1 atom stereocenters. The fourth-order valence-electron chi connectivity index (χ4n) is 2.05. The summed E-state index contributed by atoms with van der Waals surface area (Å²) in [5.74, 6) is 0.0896. The molecular weight excluding hydrogens is 323 g/mol. The van der Waals surface area contributed by atoms with Gasteiger partial charge in [0.15, 0.2) is 0 Å². The van der Waals surface area contributed by atoms with Crippen molar-refractivity contribution in [1.29, 1.82) is 0 Å². The third-order valence-electron chi connectivity index (χ3n) is 3.27. The molecule has 1 N–H and O–H groups in total. The predicted octanol–water partition coefficient (Wildman–Crippen LogP) is 1.33. The number of thioether (sulfide) groups is 1. The Balaban J connectivity index is 1.88. The van der Waals surface area contributed by atoms with Crippen LogP contribution in [0, 0.1) is 5.82 Å². The number of ether oxygens (including phenoxy) is 2. The molecule has 0 saturated carbocycles. The van der Waals surface area contributed by atoms with E-state index in [-0.39, 0.29) is 24.2 Å². The Morgan fingerprint density at radius 3 is 2.78 bits per heavy atom. The van der Waals surface area contributed by atoms with Gasteiger partial charge >= 0.3 is 0 Å². The van der Waals surface area contributed by atoms with Gasteiger partial charge < -0.3 is 19.7 Å². The summed E-state index contributed by atoms with van der Waals surface area (Å²) in [5.41, 5.74) is 0.497. The standard InChI is InChI=1S/C15H19FN2O4S/c1-21-6-7-22-8-14(19)18-10-23-9-13(18)15(20)17-12-4-2-11(16)3-5-12/h2-5,13H,6-10H2,1H3,(H,17,20)/t13-/m1/s1. The second-order valence-electron chi connectivity index (χ2n) is 4.92. The highest BCUT2D eigenvalue weighted by Gasteiger charge is 2.34. The van der Waals surface area contributed by atoms with Crippen molar-refractivity contribution in [2.75, 3.05) is 43.9 Å². The van der Waals surface area contributed by atoms with Crippen LogP contribution >= 0.6 is 11.8 Å². The van der Waals surface area contributed by atoms with Gasteiger partial charge in [0.25, 0.3) is 0 Å². The number of anilines is 1. The molecular formula is C15H19FN2O4S. The first-order valence-corrected chi connectivity index (χ1v) is 8.27. The van der Waals surface area contributed by atoms with E-state index in [2.05, 4.69) is 5.32 Å². The van der Waals surface area contributed by atoms with Gasteiger partial charge in [-0.3, -0.25) is 9.59 Å². The zero-order valence-electron chi connectivity index (χ0n) is 12.8. The van der Waals surface area contributed by atoms with E-state index in [0.717, 1.165) is 0 Å². The van der Waals surface area contributed by atoms with Gasteiger partial charge in [-0.1, -0.05) is 0 Å². The summed E-state index contributed by atoms with van der Waals surface area (Å²) in [5, 5.41) is 2.70. The SMILES string of the molecule is COCCOCC(=O)N1CSC[C@@H]1C(=O)Nc1ccc(F)cc1. The highest BCUT2D eigenvalue weighted by atomic mass is 32.2. The molecule has 6 nitrogen and oxygen atoms in total. The summed E-state index contributed by atoms with van der Waals surface area (Å²) in [4.78, 5) is 26.0. The summed E-state index contributed by atoms with van der Waals surface area (Å²) in [6.45, 7) is 0.663. The van der Waals surface area contributed by atoms with Gasteiger partial charge in [0.1, 0.15) is 18.5 Å². The summed E-state index contributed by atoms with van der Waals surface area (Å²) in [6.07, 6.45) is 0. The molecule has 1 heterocycles. The molecule has 0 radical (unpaired) electrons. The average molecular weight is 342 g/mol. The lowest BCUT2D eigenvalue weighted by Gasteiger charge is -2.23. The monoisotopic (exact) mass is 342 g/mol. The number of halogens is 1. The number of amides is 2. The number of rotatable bonds is 7. The molecule has 23 heavy (non-hydrogen) atoms. The van der Waals surface area contributed by atoms with Gasteiger partial charge in [0.05, 0.1) is 19.1 Å². The molecule has 0 spiro atoms. The van der Waals surface area contributed by atoms with Crippen LogP contribution in [0.15, 0.2) is 24.3 Å². The molecule has 1 aromatic rings. The van der Waals surface area contributed by atoms with Crippen LogP contribution in [0.25, 0.3) is 0 Å². The molecule has 0 bridgehead atoms. The number of nitrogens with one attached hydrogen (secondary N) is 1. The molecule has 1 fully saturated rings. The van der Waals surface area contributed by atoms with Crippen LogP contribution in [-0.4, -0.2) is 61.3 Å². The number of hydrogen-bond acceptors (Lipinski definition) is 5. The summed E-state index contributed by atoms with van der Waals surface area (Å²) in [6, 6.07) is 4.95. The van der Waals surface area contributed by atoms with Crippen LogP contribution in [0.1, 0.15) is 0 Å². The first-order valence-electron chi connectivity index (χ1n) is 7.12. The van der Waals surface area contributed by atoms with E-state index in [9.17, 15) is 14.0 Å². The number of carbonyl (C=O) groups is 2. The first kappa shape index (κ1) is 17.7. The maximum atomic E-state index is 12.9. The second kappa shape index (κ2) is 8.85. The fraction of sp³-hybridized carbons (Fsp3) is 0.467. The molecule has 0 unspecified atom stereocenters. The summed E-state index contributed by atoms with van der Waals surface area (Å²) < 4.78 is 22.9. The Morgan fingerprint density at radius 1 is 1.35 bits per heavy atom. The van der Waals surface area contributed by atoms with Gasteiger partial charge in [-0.15, -0.1) is 11.8 Å². The zero-order valence-corrected chi connectivity index (χ0v) is 13.6. The van der Waals surface area contributed by atoms with E-state index in [1.165, 1.54) is 40.9 Å². The van der Waals surface area contributed by atoms with Crippen molar-refractivity contribution in [1.82, 2.24) is 4.90 Å². The van der Waals surface area contributed by atoms with Crippen molar-refractivity contribution in [3.63, 3.8) is 0 Å². The molecule has 1 aromatic carbocycles. The van der Waals surface area contributed by atoms with Gasteiger partial charge in [0.2, 0.25) is 11.8 Å². The third-order valence-corrected chi connectivity index (χ3v) is 4.29. The number of hydrogen-bond donors (Lipinski definition) is 1. The normalized spacial score (nSPS) is 17.3. The Labute approximate surface area is 138 Å². The van der Waals surface area contributed by atoms with Crippen molar-refractivity contribution in [2.45, 2.75) is 6.04 Å². The van der Waals surface area contributed by atoms with Crippen LogP contribution in [0.2, 0.25) is 0 Å². The largest absolute Gasteiger partial charge is 0.382 e. The van der Waals surface area contributed by atoms with Crippen LogP contribution in [-0.2, 0) is 19.1 Å². The van der Waals surface area contributed by atoms with Gasteiger partial charge in [-0.25, -0.2) is 4.39 Å². The van der Waals surface area contributed by atoms with Gasteiger partial charge in [-0.2, -0.15) is 0 Å². The van der Waals surface area contributed by atoms with Crippen molar-refractivity contribution in [2.24, 2.45) is 0 Å². The first-order chi connectivity index (χ1) is 11.1. The lowest BCUT2D eigenvalue weighted by Crippen LogP contribution is -2.46. The van der Waals surface area contributed by atoms with E-state index < -0.39 is 6.04 Å². The number of methoxy groups -OCH3 is 1. The summed E-state index contributed by atoms with van der Waals surface area (Å²) >= 11 is 1.51. The smallest absolute Gasteiger partial charge is 0.249 e. The van der Waals surface area contributed by atoms with Crippen LogP contribution in [0.3, 0.4) is 0 Å². The molecule has 8 heteroatoms. The molecule has 1 aliphatic rings. The van der Waals surface area contributed by atoms with Crippen molar-refractivity contribution in [3.05, 3.63) is 30.1 Å². The molecule has 2 amide bonds. The van der Waals surface area contributed by atoms with E-state index in [4.69, 9.17) is 9.47 Å². The predicted molar refractivity (Wildman–Crippen MR) is 85.7 cm³/mol. The lowest BCUT2D eigenvalue weighted by atomic mass is 10.2. The molecule has 0 aromatic heterocycles. The second-order valence-corrected chi connectivity index (χ2v) is 5.92. The summed E-state index contributed by atoms with van der Waals surface area (Å²) in [7, 11) is 1.55. The molecule has 126 valence electrons. The minimum atomic E-state index is -0.552. The fourth-order valence-corrected chi connectivity index (χ4v) is 3.23. The van der Waals surface area contributed by atoms with E-state index >= 15 is 0 Å². The highest BCUT2D eigenvalue weighted by molar-refractivity contribution is 7.99. The van der Waals surface area contributed by atoms with Crippen molar-refractivity contribution < 1.29 is 23.5 Å². The maximum Gasteiger partial charge on any atom is 0.249 e. The van der Waals surface area contributed by atoms with E-state index in [0.29, 0.717) is 30.5 Å². The molecule has 1 saturated heterocycles. The third kappa shape index (κ3) is 5.19. The molecule has 2 rings (SSSR count).